The fraction of sp³-hybridized carbons (Fsp3) is 0.0909. The molecule has 2 aromatic carbocycles. The highest BCUT2D eigenvalue weighted by molar-refractivity contribution is 5.91. The molecule has 2 heteroatoms. The number of aryl methyl sites for hydroxylation is 1. The Bertz CT molecular complexity index is 463. The fourth-order valence-electron chi connectivity index (χ4n) is 1.54. The summed E-state index contributed by atoms with van der Waals surface area (Å²) in [5.74, 6) is 0.193. The van der Waals surface area contributed by atoms with E-state index in [0.29, 0.717) is 5.69 Å². The van der Waals surface area contributed by atoms with Crippen molar-refractivity contribution in [3.63, 3.8) is 0 Å². The predicted molar refractivity (Wildman–Crippen MR) is 54.8 cm³/mol. The topological polar surface area (TPSA) is 46.2 Å². The molecule has 0 amide bonds. The minimum absolute atomic E-state index is 0.193. The smallest absolute Gasteiger partial charge is 0.142 e. The third-order valence-corrected chi connectivity index (χ3v) is 2.30. The number of rotatable bonds is 0. The monoisotopic (exact) mass is 173 g/mol. The molecule has 0 aliphatic rings. The van der Waals surface area contributed by atoms with Gasteiger partial charge in [0.05, 0.1) is 5.69 Å². The maximum Gasteiger partial charge on any atom is 0.142 e. The Morgan fingerprint density at radius 1 is 1.23 bits per heavy atom. The number of nitrogens with two attached hydrogens (primary N) is 1. The minimum atomic E-state index is 0.193. The molecule has 0 radical (unpaired) electrons. The van der Waals surface area contributed by atoms with Crippen LogP contribution >= 0.6 is 0 Å². The summed E-state index contributed by atoms with van der Waals surface area (Å²) in [4.78, 5) is 0. The molecule has 0 atom stereocenters. The molecule has 0 saturated heterocycles. The van der Waals surface area contributed by atoms with Gasteiger partial charge in [-0.3, -0.25) is 0 Å². The van der Waals surface area contributed by atoms with Crippen molar-refractivity contribution in [2.24, 2.45) is 0 Å². The molecule has 0 unspecified atom stereocenters. The summed E-state index contributed by atoms with van der Waals surface area (Å²) in [6.07, 6.45) is 0. The zero-order chi connectivity index (χ0) is 9.42. The Morgan fingerprint density at radius 2 is 1.92 bits per heavy atom. The Labute approximate surface area is 76.6 Å². The molecule has 3 N–H and O–H groups in total. The lowest BCUT2D eigenvalue weighted by Crippen LogP contribution is -1.89. The second kappa shape index (κ2) is 2.66. The van der Waals surface area contributed by atoms with Crippen LogP contribution in [-0.2, 0) is 0 Å². The number of benzene rings is 2. The van der Waals surface area contributed by atoms with Crippen molar-refractivity contribution in [2.75, 3.05) is 5.73 Å². The maximum atomic E-state index is 9.58. The summed E-state index contributed by atoms with van der Waals surface area (Å²) in [5.41, 5.74) is 6.92. The Kier molecular flexibility index (Phi) is 1.62. The van der Waals surface area contributed by atoms with Crippen molar-refractivity contribution in [2.45, 2.75) is 6.92 Å². The third-order valence-electron chi connectivity index (χ3n) is 2.30. The lowest BCUT2D eigenvalue weighted by Gasteiger charge is -2.06. The van der Waals surface area contributed by atoms with Crippen molar-refractivity contribution in [3.05, 3.63) is 35.9 Å². The first-order valence-corrected chi connectivity index (χ1v) is 4.17. The third kappa shape index (κ3) is 1.11. The van der Waals surface area contributed by atoms with E-state index >= 15 is 0 Å². The van der Waals surface area contributed by atoms with Crippen LogP contribution in [0.25, 0.3) is 10.8 Å². The second-order valence-electron chi connectivity index (χ2n) is 3.16. The molecule has 0 bridgehead atoms. The first-order valence-electron chi connectivity index (χ1n) is 4.17. The number of nitrogen functional groups attached to an aromatic ring is 1. The van der Waals surface area contributed by atoms with E-state index in [1.54, 1.807) is 6.07 Å². The first-order chi connectivity index (χ1) is 6.20. The highest BCUT2D eigenvalue weighted by Crippen LogP contribution is 2.31. The molecule has 2 aromatic rings. The van der Waals surface area contributed by atoms with E-state index in [-0.39, 0.29) is 5.75 Å². The zero-order valence-corrected chi connectivity index (χ0v) is 7.41. The molecule has 0 aliphatic heterocycles. The van der Waals surface area contributed by atoms with Crippen LogP contribution in [0.15, 0.2) is 30.3 Å². The van der Waals surface area contributed by atoms with Gasteiger partial charge in [0.1, 0.15) is 5.75 Å². The second-order valence-corrected chi connectivity index (χ2v) is 3.16. The number of hydrogen-bond donors (Lipinski definition) is 2. The zero-order valence-electron chi connectivity index (χ0n) is 7.41. The van der Waals surface area contributed by atoms with E-state index in [1.165, 1.54) is 0 Å². The van der Waals surface area contributed by atoms with E-state index in [4.69, 9.17) is 5.73 Å². The molecule has 0 fully saturated rings. The summed E-state index contributed by atoms with van der Waals surface area (Å²) in [6.45, 7) is 1.87. The van der Waals surface area contributed by atoms with Crippen LogP contribution in [0.1, 0.15) is 5.56 Å². The summed E-state index contributed by atoms with van der Waals surface area (Å²) in [5, 5.41) is 11.7. The molecule has 66 valence electrons. The van der Waals surface area contributed by atoms with Crippen LogP contribution in [0.5, 0.6) is 5.75 Å². The normalized spacial score (nSPS) is 10.5. The van der Waals surface area contributed by atoms with Gasteiger partial charge in [-0.15, -0.1) is 0 Å². The average molecular weight is 173 g/mol. The first kappa shape index (κ1) is 7.92. The van der Waals surface area contributed by atoms with E-state index in [1.807, 2.05) is 31.2 Å². The van der Waals surface area contributed by atoms with Gasteiger partial charge in [0.25, 0.3) is 0 Å². The Hall–Kier alpha value is -1.70. The van der Waals surface area contributed by atoms with Crippen molar-refractivity contribution < 1.29 is 5.11 Å². The standard InChI is InChI=1S/C11H11NO/c1-7-9-5-3-2-4-8(9)6-10(12)11(7)13/h2-6,13H,12H2,1H3. The molecule has 2 nitrogen and oxygen atoms in total. The number of fused-ring (bicyclic) bond motifs is 1. The van der Waals surface area contributed by atoms with Gasteiger partial charge >= 0.3 is 0 Å². The molecule has 0 aromatic heterocycles. The minimum Gasteiger partial charge on any atom is -0.505 e. The van der Waals surface area contributed by atoms with Gasteiger partial charge < -0.3 is 10.8 Å². The van der Waals surface area contributed by atoms with E-state index in [2.05, 4.69) is 0 Å². The lowest BCUT2D eigenvalue weighted by molar-refractivity contribution is 0.475. The molecular formula is C11H11NO. The van der Waals surface area contributed by atoms with Crippen molar-refractivity contribution in [1.82, 2.24) is 0 Å². The quantitative estimate of drug-likeness (QED) is 0.474. The van der Waals surface area contributed by atoms with Gasteiger partial charge in [-0.2, -0.15) is 0 Å². The van der Waals surface area contributed by atoms with Crippen LogP contribution in [0.2, 0.25) is 0 Å². The van der Waals surface area contributed by atoms with E-state index in [9.17, 15) is 5.11 Å². The Balaban J connectivity index is 2.94. The van der Waals surface area contributed by atoms with Gasteiger partial charge in [0.15, 0.2) is 0 Å². The fourth-order valence-corrected chi connectivity index (χ4v) is 1.54. The molecule has 0 heterocycles. The summed E-state index contributed by atoms with van der Waals surface area (Å²) in [7, 11) is 0. The van der Waals surface area contributed by atoms with Crippen molar-refractivity contribution in [3.8, 4) is 5.75 Å². The average Bonchev–Trinajstić information content (AvgIpc) is 2.15. The summed E-state index contributed by atoms with van der Waals surface area (Å²) in [6, 6.07) is 9.66. The van der Waals surface area contributed by atoms with Crippen molar-refractivity contribution >= 4 is 16.5 Å². The van der Waals surface area contributed by atoms with Gasteiger partial charge in [0.2, 0.25) is 0 Å². The van der Waals surface area contributed by atoms with Crippen LogP contribution < -0.4 is 5.73 Å². The highest BCUT2D eigenvalue weighted by atomic mass is 16.3. The predicted octanol–water partition coefficient (Wildman–Crippen LogP) is 2.44. The van der Waals surface area contributed by atoms with Crippen molar-refractivity contribution in [1.29, 1.82) is 0 Å². The Morgan fingerprint density at radius 3 is 2.69 bits per heavy atom. The molecule has 0 saturated carbocycles. The van der Waals surface area contributed by atoms with Crippen LogP contribution in [0, 0.1) is 6.92 Å². The number of anilines is 1. The van der Waals surface area contributed by atoms with Crippen LogP contribution in [0.3, 0.4) is 0 Å². The molecule has 0 spiro atoms. The summed E-state index contributed by atoms with van der Waals surface area (Å²) >= 11 is 0. The molecule has 0 aliphatic carbocycles. The van der Waals surface area contributed by atoms with Gasteiger partial charge in [-0.25, -0.2) is 0 Å². The van der Waals surface area contributed by atoms with E-state index < -0.39 is 0 Å². The van der Waals surface area contributed by atoms with Crippen LogP contribution in [-0.4, -0.2) is 5.11 Å². The lowest BCUT2D eigenvalue weighted by atomic mass is 10.0. The van der Waals surface area contributed by atoms with Gasteiger partial charge in [0, 0.05) is 5.56 Å². The molecule has 13 heavy (non-hydrogen) atoms. The van der Waals surface area contributed by atoms with Crippen LogP contribution in [0.4, 0.5) is 5.69 Å². The highest BCUT2D eigenvalue weighted by Gasteiger charge is 2.05. The SMILES string of the molecule is Cc1c(O)c(N)cc2ccccc12. The largest absolute Gasteiger partial charge is 0.505 e. The maximum absolute atomic E-state index is 9.58. The van der Waals surface area contributed by atoms with E-state index in [0.717, 1.165) is 16.3 Å². The number of hydrogen-bond acceptors (Lipinski definition) is 2. The molecular weight excluding hydrogens is 162 g/mol. The van der Waals surface area contributed by atoms with Gasteiger partial charge in [-0.05, 0) is 23.8 Å². The molecule has 2 rings (SSSR count). The number of phenolic OH excluding ortho intramolecular Hbond substituents is 1. The summed E-state index contributed by atoms with van der Waals surface area (Å²) < 4.78 is 0. The number of aromatic hydroxyl groups is 1. The number of phenols is 1. The van der Waals surface area contributed by atoms with Gasteiger partial charge in [-0.1, -0.05) is 24.3 Å².